The normalized spacial score (nSPS) is 11.9. The number of nitrogens with zero attached hydrogens (tertiary/aromatic N) is 5. The molecule has 3 rings (SSSR count). The van der Waals surface area contributed by atoms with Crippen LogP contribution in [0.25, 0.3) is 5.82 Å². The third-order valence-corrected chi connectivity index (χ3v) is 4.70. The van der Waals surface area contributed by atoms with Crippen molar-refractivity contribution >= 4 is 28.8 Å². The Morgan fingerprint density at radius 3 is 2.75 bits per heavy atom. The van der Waals surface area contributed by atoms with Crippen molar-refractivity contribution < 1.29 is 9.53 Å². The predicted molar refractivity (Wildman–Crippen MR) is 105 cm³/mol. The third-order valence-electron chi connectivity index (χ3n) is 3.61. The van der Waals surface area contributed by atoms with Crippen molar-refractivity contribution in [2.24, 2.45) is 0 Å². The van der Waals surface area contributed by atoms with E-state index >= 15 is 0 Å². The van der Waals surface area contributed by atoms with Crippen LogP contribution in [0, 0.1) is 11.3 Å². The van der Waals surface area contributed by atoms with Crippen LogP contribution in [0.3, 0.4) is 0 Å². The fraction of sp³-hybridized carbons (Fsp3) is 0.278. The van der Waals surface area contributed by atoms with Crippen LogP contribution >= 0.6 is 22.9 Å². The summed E-state index contributed by atoms with van der Waals surface area (Å²) in [6, 6.07) is 6.61. The number of halogens is 1. The fourth-order valence-electron chi connectivity index (χ4n) is 2.37. The highest BCUT2D eigenvalue weighted by molar-refractivity contribution is 7.14. The van der Waals surface area contributed by atoms with Crippen LogP contribution in [0.1, 0.15) is 48.6 Å². The Labute approximate surface area is 170 Å². The molecule has 0 bridgehead atoms. The van der Waals surface area contributed by atoms with Gasteiger partial charge in [0.05, 0.1) is 27.6 Å². The monoisotopic (exact) mass is 416 g/mol. The lowest BCUT2D eigenvalue weighted by molar-refractivity contribution is 0.0938. The zero-order chi connectivity index (χ0) is 20.3. The first-order valence-corrected chi connectivity index (χ1v) is 9.68. The number of carbonyl (C=O) groups is 1. The molecule has 8 nitrogen and oxygen atoms in total. The van der Waals surface area contributed by atoms with E-state index in [9.17, 15) is 4.79 Å². The van der Waals surface area contributed by atoms with Crippen LogP contribution in [0.4, 0.5) is 0 Å². The summed E-state index contributed by atoms with van der Waals surface area (Å²) in [6.45, 7) is 5.52. The first kappa shape index (κ1) is 19.8. The summed E-state index contributed by atoms with van der Waals surface area (Å²) < 4.78 is 7.62. The molecule has 3 heterocycles. The van der Waals surface area contributed by atoms with Crippen molar-refractivity contribution in [2.75, 3.05) is 0 Å². The molecular formula is C18H17ClN6O2S. The highest BCUT2D eigenvalue weighted by Gasteiger charge is 2.22. The molecule has 0 spiro atoms. The second kappa shape index (κ2) is 8.37. The van der Waals surface area contributed by atoms with Gasteiger partial charge >= 0.3 is 6.01 Å². The maximum Gasteiger partial charge on any atom is 0.336 e. The molecule has 0 unspecified atom stereocenters. The average molecular weight is 417 g/mol. The van der Waals surface area contributed by atoms with Crippen molar-refractivity contribution in [3.8, 4) is 17.9 Å². The van der Waals surface area contributed by atoms with E-state index < -0.39 is 6.04 Å². The topological polar surface area (TPSA) is 106 Å². The van der Waals surface area contributed by atoms with Gasteiger partial charge in [0.1, 0.15) is 6.07 Å². The predicted octanol–water partition coefficient (Wildman–Crippen LogP) is 3.53. The summed E-state index contributed by atoms with van der Waals surface area (Å²) in [5.41, 5.74) is 0.905. The van der Waals surface area contributed by atoms with Gasteiger partial charge in [-0.15, -0.1) is 16.4 Å². The molecule has 3 aromatic heterocycles. The lowest BCUT2D eigenvalue weighted by Gasteiger charge is -2.13. The fourth-order valence-corrected chi connectivity index (χ4v) is 3.23. The molecular weight excluding hydrogens is 400 g/mol. The molecule has 0 saturated carbocycles. The first-order valence-electron chi connectivity index (χ1n) is 8.42. The van der Waals surface area contributed by atoms with E-state index in [0.717, 1.165) is 0 Å². The Kier molecular flexibility index (Phi) is 5.92. The average Bonchev–Trinajstić information content (AvgIpc) is 3.28. The summed E-state index contributed by atoms with van der Waals surface area (Å²) in [5, 5.41) is 17.9. The van der Waals surface area contributed by atoms with Gasteiger partial charge in [-0.25, -0.2) is 4.98 Å². The second-order valence-corrected chi connectivity index (χ2v) is 7.73. The molecule has 0 saturated heterocycles. The molecule has 10 heteroatoms. The van der Waals surface area contributed by atoms with Crippen LogP contribution in [0.15, 0.2) is 29.8 Å². The summed E-state index contributed by atoms with van der Waals surface area (Å²) in [4.78, 5) is 21.1. The molecule has 1 N–H and O–H groups in total. The van der Waals surface area contributed by atoms with Gasteiger partial charge in [-0.05, 0) is 39.0 Å². The van der Waals surface area contributed by atoms with Gasteiger partial charge in [-0.2, -0.15) is 14.9 Å². The van der Waals surface area contributed by atoms with Gasteiger partial charge in [0.25, 0.3) is 5.91 Å². The van der Waals surface area contributed by atoms with Gasteiger partial charge in [-0.1, -0.05) is 11.6 Å². The second-order valence-electron chi connectivity index (χ2n) is 6.18. The van der Waals surface area contributed by atoms with Gasteiger partial charge in [0, 0.05) is 11.6 Å². The number of hydrogen-bond acceptors (Lipinski definition) is 7. The third kappa shape index (κ3) is 4.47. The molecule has 0 radical (unpaired) electrons. The molecule has 0 aliphatic rings. The van der Waals surface area contributed by atoms with Crippen LogP contribution in [-0.2, 0) is 0 Å². The minimum Gasteiger partial charge on any atom is -0.460 e. The molecule has 0 fully saturated rings. The van der Waals surface area contributed by atoms with E-state index in [-0.39, 0.29) is 18.0 Å². The Balaban J connectivity index is 1.91. The number of pyridine rings is 1. The van der Waals surface area contributed by atoms with Crippen molar-refractivity contribution in [3.63, 3.8) is 0 Å². The smallest absolute Gasteiger partial charge is 0.336 e. The van der Waals surface area contributed by atoms with E-state index in [1.165, 1.54) is 22.2 Å². The Morgan fingerprint density at radius 1 is 1.39 bits per heavy atom. The van der Waals surface area contributed by atoms with E-state index in [0.29, 0.717) is 27.1 Å². The highest BCUT2D eigenvalue weighted by atomic mass is 35.5. The molecule has 1 amide bonds. The minimum absolute atomic E-state index is 0.115. The van der Waals surface area contributed by atoms with Gasteiger partial charge in [-0.3, -0.25) is 4.79 Å². The largest absolute Gasteiger partial charge is 0.460 e. The Morgan fingerprint density at radius 2 is 2.18 bits per heavy atom. The van der Waals surface area contributed by atoms with Crippen molar-refractivity contribution in [1.82, 2.24) is 25.1 Å². The van der Waals surface area contributed by atoms with E-state index in [1.54, 1.807) is 30.5 Å². The summed E-state index contributed by atoms with van der Waals surface area (Å²) in [7, 11) is 0. The van der Waals surface area contributed by atoms with E-state index in [4.69, 9.17) is 21.6 Å². The van der Waals surface area contributed by atoms with Crippen LogP contribution in [0.5, 0.6) is 6.01 Å². The minimum atomic E-state index is -0.486. The van der Waals surface area contributed by atoms with Crippen LogP contribution in [0.2, 0.25) is 4.34 Å². The number of thiophene rings is 1. The number of carbonyl (C=O) groups excluding carboxylic acids is 1. The number of nitriles is 1. The van der Waals surface area contributed by atoms with E-state index in [1.807, 2.05) is 19.9 Å². The number of amides is 1. The van der Waals surface area contributed by atoms with Crippen molar-refractivity contribution in [2.45, 2.75) is 32.9 Å². The maximum atomic E-state index is 12.5. The SMILES string of the molecule is CC(C)Oc1nc([C@H](C)NC(=O)c2csc(Cl)c2)n(-c2ccc(C#N)cn2)n1. The molecule has 0 aromatic carbocycles. The highest BCUT2D eigenvalue weighted by Crippen LogP contribution is 2.22. The number of hydrogen-bond donors (Lipinski definition) is 1. The molecule has 0 aliphatic heterocycles. The molecule has 3 aromatic rings. The zero-order valence-corrected chi connectivity index (χ0v) is 17.0. The zero-order valence-electron chi connectivity index (χ0n) is 15.4. The summed E-state index contributed by atoms with van der Waals surface area (Å²) in [6.07, 6.45) is 1.33. The van der Waals surface area contributed by atoms with Gasteiger partial charge in [0.2, 0.25) is 0 Å². The lowest BCUT2D eigenvalue weighted by Crippen LogP contribution is -2.28. The lowest BCUT2D eigenvalue weighted by atomic mass is 10.2. The van der Waals surface area contributed by atoms with Gasteiger partial charge < -0.3 is 10.1 Å². The Bertz CT molecular complexity index is 1020. The molecule has 144 valence electrons. The number of rotatable bonds is 6. The number of aromatic nitrogens is 4. The molecule has 0 aliphatic carbocycles. The quantitative estimate of drug-likeness (QED) is 0.658. The standard InChI is InChI=1S/C18H17ClN6O2S/c1-10(2)27-18-23-16(11(3)22-17(26)13-6-14(19)28-9-13)25(24-18)15-5-4-12(7-20)8-21-15/h4-6,8-11H,1-3H3,(H,22,26)/t11-/m0/s1. The molecule has 1 atom stereocenters. The maximum absolute atomic E-state index is 12.5. The summed E-state index contributed by atoms with van der Waals surface area (Å²) >= 11 is 7.19. The van der Waals surface area contributed by atoms with Gasteiger partial charge in [0.15, 0.2) is 11.6 Å². The Hall–Kier alpha value is -2.96. The van der Waals surface area contributed by atoms with Crippen molar-refractivity contribution in [1.29, 1.82) is 5.26 Å². The number of ether oxygens (including phenoxy) is 1. The molecule has 28 heavy (non-hydrogen) atoms. The van der Waals surface area contributed by atoms with Crippen molar-refractivity contribution in [3.05, 3.63) is 51.1 Å². The summed E-state index contributed by atoms with van der Waals surface area (Å²) in [5.74, 6) is 0.631. The van der Waals surface area contributed by atoms with E-state index in [2.05, 4.69) is 20.4 Å². The number of nitrogens with one attached hydrogen (secondary N) is 1. The first-order chi connectivity index (χ1) is 13.4. The van der Waals surface area contributed by atoms with Crippen LogP contribution < -0.4 is 10.1 Å². The van der Waals surface area contributed by atoms with Crippen LogP contribution in [-0.4, -0.2) is 31.8 Å².